The third kappa shape index (κ3) is 1.93. The van der Waals surface area contributed by atoms with Crippen LogP contribution in [0.15, 0.2) is 35.1 Å². The molecule has 2 heterocycles. The Balaban J connectivity index is 2.23. The zero-order valence-corrected chi connectivity index (χ0v) is 10.3. The molecule has 0 radical (unpaired) electrons. The fourth-order valence-corrected chi connectivity index (χ4v) is 2.96. The second kappa shape index (κ2) is 4.32. The molecule has 0 bridgehead atoms. The highest BCUT2D eigenvalue weighted by molar-refractivity contribution is 9.09. The Bertz CT molecular complexity index is 391. The zero-order valence-electron chi connectivity index (χ0n) is 7.87. The van der Waals surface area contributed by atoms with E-state index in [4.69, 9.17) is 4.42 Å². The average molecular weight is 271 g/mol. The molecule has 0 aliphatic rings. The summed E-state index contributed by atoms with van der Waals surface area (Å²) in [6, 6.07) is 6.36. The van der Waals surface area contributed by atoms with Crippen molar-refractivity contribution in [2.24, 2.45) is 0 Å². The molecule has 74 valence electrons. The normalized spacial score (nSPS) is 13.0. The van der Waals surface area contributed by atoms with Crippen molar-refractivity contribution in [1.82, 2.24) is 0 Å². The van der Waals surface area contributed by atoms with Crippen LogP contribution >= 0.6 is 27.3 Å². The summed E-state index contributed by atoms with van der Waals surface area (Å²) in [6.07, 6.45) is 4.60. The summed E-state index contributed by atoms with van der Waals surface area (Å²) in [5, 5.41) is 0. The summed E-state index contributed by atoms with van der Waals surface area (Å²) >= 11 is 5.52. The van der Waals surface area contributed by atoms with Crippen molar-refractivity contribution in [3.8, 4) is 0 Å². The Hall–Kier alpha value is -0.540. The molecule has 14 heavy (non-hydrogen) atoms. The van der Waals surface area contributed by atoms with E-state index in [1.54, 1.807) is 12.5 Å². The minimum Gasteiger partial charge on any atom is -0.472 e. The van der Waals surface area contributed by atoms with Gasteiger partial charge >= 0.3 is 0 Å². The van der Waals surface area contributed by atoms with Crippen molar-refractivity contribution in [2.45, 2.75) is 18.2 Å². The Morgan fingerprint density at radius 1 is 1.43 bits per heavy atom. The van der Waals surface area contributed by atoms with Crippen LogP contribution in [0, 0.1) is 0 Å². The second-order valence-electron chi connectivity index (χ2n) is 3.08. The highest BCUT2D eigenvalue weighted by Gasteiger charge is 2.13. The lowest BCUT2D eigenvalue weighted by molar-refractivity contribution is 0.564. The molecule has 0 aromatic carbocycles. The molecule has 0 aliphatic carbocycles. The lowest BCUT2D eigenvalue weighted by Gasteiger charge is -2.02. The van der Waals surface area contributed by atoms with E-state index in [1.165, 1.54) is 15.3 Å². The van der Waals surface area contributed by atoms with Crippen LogP contribution in [0.5, 0.6) is 0 Å². The summed E-state index contributed by atoms with van der Waals surface area (Å²) in [5.41, 5.74) is 1.18. The Labute approximate surface area is 95.9 Å². The van der Waals surface area contributed by atoms with Gasteiger partial charge in [0.05, 0.1) is 17.4 Å². The first-order valence-corrected chi connectivity index (χ1v) is 6.29. The van der Waals surface area contributed by atoms with E-state index in [-0.39, 0.29) is 4.83 Å². The van der Waals surface area contributed by atoms with Crippen LogP contribution in [-0.4, -0.2) is 0 Å². The van der Waals surface area contributed by atoms with Gasteiger partial charge < -0.3 is 4.42 Å². The predicted octanol–water partition coefficient (Wildman–Crippen LogP) is 4.39. The van der Waals surface area contributed by atoms with Gasteiger partial charge in [0.25, 0.3) is 0 Å². The standard InChI is InChI=1S/C11H11BrOS/c1-2-9-3-4-10(14-9)11(12)8-5-6-13-7-8/h3-7,11H,2H2,1H3. The van der Waals surface area contributed by atoms with Gasteiger partial charge in [-0.05, 0) is 24.6 Å². The van der Waals surface area contributed by atoms with Gasteiger partial charge in [0, 0.05) is 15.3 Å². The van der Waals surface area contributed by atoms with Crippen LogP contribution in [-0.2, 0) is 6.42 Å². The molecule has 1 nitrogen and oxygen atoms in total. The number of furan rings is 1. The number of aryl methyl sites for hydroxylation is 1. The number of thiophene rings is 1. The van der Waals surface area contributed by atoms with Gasteiger partial charge in [-0.3, -0.25) is 0 Å². The fraction of sp³-hybridized carbons (Fsp3) is 0.273. The predicted molar refractivity (Wildman–Crippen MR) is 63.2 cm³/mol. The van der Waals surface area contributed by atoms with E-state index >= 15 is 0 Å². The monoisotopic (exact) mass is 270 g/mol. The molecule has 1 unspecified atom stereocenters. The molecule has 2 rings (SSSR count). The molecule has 0 saturated carbocycles. The minimum absolute atomic E-state index is 0.270. The molecular weight excluding hydrogens is 260 g/mol. The van der Waals surface area contributed by atoms with Gasteiger partial charge in [0.1, 0.15) is 0 Å². The Kier molecular flexibility index (Phi) is 3.08. The van der Waals surface area contributed by atoms with Crippen molar-refractivity contribution in [3.05, 3.63) is 46.0 Å². The maximum atomic E-state index is 5.06. The van der Waals surface area contributed by atoms with Gasteiger partial charge in [-0.15, -0.1) is 11.3 Å². The van der Waals surface area contributed by atoms with Crippen LogP contribution in [0.1, 0.15) is 27.1 Å². The summed E-state index contributed by atoms with van der Waals surface area (Å²) in [5.74, 6) is 0. The maximum Gasteiger partial charge on any atom is 0.0949 e. The average Bonchev–Trinajstić information content (AvgIpc) is 2.88. The van der Waals surface area contributed by atoms with Crippen LogP contribution < -0.4 is 0 Å². The van der Waals surface area contributed by atoms with E-state index in [0.29, 0.717) is 0 Å². The first kappa shape index (κ1) is 9.99. The molecular formula is C11H11BrOS. The van der Waals surface area contributed by atoms with Gasteiger partial charge in [0.2, 0.25) is 0 Å². The van der Waals surface area contributed by atoms with E-state index in [9.17, 15) is 0 Å². The summed E-state index contributed by atoms with van der Waals surface area (Å²) in [7, 11) is 0. The fourth-order valence-electron chi connectivity index (χ4n) is 1.30. The Morgan fingerprint density at radius 2 is 2.29 bits per heavy atom. The van der Waals surface area contributed by atoms with E-state index < -0.39 is 0 Å². The summed E-state index contributed by atoms with van der Waals surface area (Å²) in [4.78, 5) is 3.03. The Morgan fingerprint density at radius 3 is 2.86 bits per heavy atom. The minimum atomic E-state index is 0.270. The number of hydrogen-bond donors (Lipinski definition) is 0. The van der Waals surface area contributed by atoms with Gasteiger partial charge in [-0.1, -0.05) is 22.9 Å². The third-order valence-electron chi connectivity index (χ3n) is 2.12. The quantitative estimate of drug-likeness (QED) is 0.755. The van der Waals surface area contributed by atoms with Crippen molar-refractivity contribution >= 4 is 27.3 Å². The van der Waals surface area contributed by atoms with Crippen LogP contribution in [0.25, 0.3) is 0 Å². The molecule has 2 aromatic heterocycles. The third-order valence-corrected chi connectivity index (χ3v) is 4.74. The van der Waals surface area contributed by atoms with E-state index in [1.807, 2.05) is 17.4 Å². The molecule has 0 spiro atoms. The van der Waals surface area contributed by atoms with Gasteiger partial charge in [0.15, 0.2) is 0 Å². The van der Waals surface area contributed by atoms with Gasteiger partial charge in [-0.25, -0.2) is 0 Å². The molecule has 0 saturated heterocycles. The summed E-state index contributed by atoms with van der Waals surface area (Å²) in [6.45, 7) is 2.18. The first-order valence-electron chi connectivity index (χ1n) is 4.56. The van der Waals surface area contributed by atoms with Crippen molar-refractivity contribution in [1.29, 1.82) is 0 Å². The SMILES string of the molecule is CCc1ccc(C(Br)c2ccoc2)s1. The number of alkyl halides is 1. The second-order valence-corrected chi connectivity index (χ2v) is 5.19. The lowest BCUT2D eigenvalue weighted by atomic mass is 10.2. The molecule has 0 N–H and O–H groups in total. The van der Waals surface area contributed by atoms with Crippen LogP contribution in [0.2, 0.25) is 0 Å². The van der Waals surface area contributed by atoms with Crippen LogP contribution in [0.4, 0.5) is 0 Å². The summed E-state index contributed by atoms with van der Waals surface area (Å²) < 4.78 is 5.06. The molecule has 3 heteroatoms. The number of rotatable bonds is 3. The highest BCUT2D eigenvalue weighted by Crippen LogP contribution is 2.35. The largest absolute Gasteiger partial charge is 0.472 e. The molecule has 0 fully saturated rings. The zero-order chi connectivity index (χ0) is 9.97. The lowest BCUT2D eigenvalue weighted by Crippen LogP contribution is -1.84. The molecule has 0 aliphatic heterocycles. The first-order chi connectivity index (χ1) is 6.81. The maximum absolute atomic E-state index is 5.06. The van der Waals surface area contributed by atoms with Gasteiger partial charge in [-0.2, -0.15) is 0 Å². The van der Waals surface area contributed by atoms with Crippen molar-refractivity contribution < 1.29 is 4.42 Å². The van der Waals surface area contributed by atoms with Crippen molar-refractivity contribution in [3.63, 3.8) is 0 Å². The topological polar surface area (TPSA) is 13.1 Å². The van der Waals surface area contributed by atoms with Crippen molar-refractivity contribution in [2.75, 3.05) is 0 Å². The highest BCUT2D eigenvalue weighted by atomic mass is 79.9. The van der Waals surface area contributed by atoms with Crippen LogP contribution in [0.3, 0.4) is 0 Å². The molecule has 2 aromatic rings. The number of hydrogen-bond acceptors (Lipinski definition) is 2. The van der Waals surface area contributed by atoms with E-state index in [2.05, 4.69) is 35.0 Å². The smallest absolute Gasteiger partial charge is 0.0949 e. The number of halogens is 1. The molecule has 0 amide bonds. The van der Waals surface area contributed by atoms with E-state index in [0.717, 1.165) is 6.42 Å². The molecule has 1 atom stereocenters.